The predicted molar refractivity (Wildman–Crippen MR) is 95.4 cm³/mol. The maximum Gasteiger partial charge on any atom is 0.257 e. The van der Waals surface area contributed by atoms with Crippen LogP contribution in [-0.2, 0) is 4.79 Å². The van der Waals surface area contributed by atoms with E-state index in [2.05, 4.69) is 32.8 Å². The van der Waals surface area contributed by atoms with E-state index in [0.717, 1.165) is 24.1 Å². The van der Waals surface area contributed by atoms with E-state index in [9.17, 15) is 4.79 Å². The zero-order valence-corrected chi connectivity index (χ0v) is 15.0. The Bertz CT molecular complexity index is 688. The van der Waals surface area contributed by atoms with E-state index in [1.165, 1.54) is 31.1 Å². The molecule has 0 saturated carbocycles. The molecule has 2 aromatic rings. The molecular weight excluding hydrogens is 324 g/mol. The molecule has 1 fully saturated rings. The molecule has 2 heterocycles. The minimum Gasteiger partial charge on any atom is -0.484 e. The van der Waals surface area contributed by atoms with Gasteiger partial charge in [0.2, 0.25) is 0 Å². The first-order chi connectivity index (χ1) is 11.6. The average molecular weight is 348 g/mol. The third-order valence-electron chi connectivity index (χ3n) is 4.46. The number of rotatable bonds is 6. The highest BCUT2D eigenvalue weighted by Gasteiger charge is 2.21. The van der Waals surface area contributed by atoms with Crippen LogP contribution in [0.15, 0.2) is 18.2 Å². The summed E-state index contributed by atoms with van der Waals surface area (Å²) in [5.74, 6) is 1.10. The quantitative estimate of drug-likeness (QED) is 0.868. The first kappa shape index (κ1) is 17.1. The summed E-state index contributed by atoms with van der Waals surface area (Å²) in [5.41, 5.74) is 1.65. The fourth-order valence-electron chi connectivity index (χ4n) is 3.04. The number of nitrogens with zero attached hydrogens (tertiary/aromatic N) is 3. The first-order valence-electron chi connectivity index (χ1n) is 8.47. The predicted octanol–water partition coefficient (Wildman–Crippen LogP) is 2.31. The summed E-state index contributed by atoms with van der Waals surface area (Å²) in [5, 5.41) is 3.00. The molecule has 1 saturated heterocycles. The molecule has 130 valence electrons. The van der Waals surface area contributed by atoms with Crippen molar-refractivity contribution in [3.63, 3.8) is 0 Å². The molecule has 6 nitrogen and oxygen atoms in total. The third kappa shape index (κ3) is 4.42. The molecular formula is C17H24N4O2S. The van der Waals surface area contributed by atoms with Crippen molar-refractivity contribution in [1.82, 2.24) is 19.0 Å². The molecule has 1 aliphatic rings. The van der Waals surface area contributed by atoms with Crippen molar-refractivity contribution in [1.29, 1.82) is 0 Å². The molecule has 1 amide bonds. The number of carbonyl (C=O) groups excluding carboxylic acids is 1. The number of amides is 1. The summed E-state index contributed by atoms with van der Waals surface area (Å²) in [6.07, 6.45) is 2.38. The normalized spacial score (nSPS) is 18.9. The second-order valence-electron chi connectivity index (χ2n) is 6.60. The van der Waals surface area contributed by atoms with Crippen molar-refractivity contribution < 1.29 is 9.53 Å². The lowest BCUT2D eigenvalue weighted by Gasteiger charge is -2.35. The van der Waals surface area contributed by atoms with Crippen LogP contribution in [-0.4, -0.2) is 51.8 Å². The zero-order chi connectivity index (χ0) is 16.9. The minimum atomic E-state index is -0.0758. The summed E-state index contributed by atoms with van der Waals surface area (Å²) in [6, 6.07) is 6.06. The standard InChI is InChI=1S/C17H24N4O2S/c1-12(2)21-7-3-4-13(10-21)9-18-17(22)11-23-14-5-6-15-16(8-14)20-24-19-15/h5-6,8,12-13H,3-4,7,9-11H2,1-2H3,(H,18,22). The molecule has 7 heteroatoms. The minimum absolute atomic E-state index is 0.0314. The fraction of sp³-hybridized carbons (Fsp3) is 0.588. The van der Waals surface area contributed by atoms with Gasteiger partial charge in [0.15, 0.2) is 6.61 Å². The number of carbonyl (C=O) groups is 1. The number of aromatic nitrogens is 2. The van der Waals surface area contributed by atoms with Crippen LogP contribution < -0.4 is 10.1 Å². The van der Waals surface area contributed by atoms with Crippen molar-refractivity contribution in [2.24, 2.45) is 5.92 Å². The Morgan fingerprint density at radius 2 is 2.25 bits per heavy atom. The monoisotopic (exact) mass is 348 g/mol. The summed E-state index contributed by atoms with van der Waals surface area (Å²) in [6.45, 7) is 7.43. The van der Waals surface area contributed by atoms with E-state index in [1.54, 1.807) is 0 Å². The van der Waals surface area contributed by atoms with E-state index in [4.69, 9.17) is 4.74 Å². The lowest BCUT2D eigenvalue weighted by Crippen LogP contribution is -2.44. The Morgan fingerprint density at radius 1 is 1.42 bits per heavy atom. The van der Waals surface area contributed by atoms with Crippen molar-refractivity contribution >= 4 is 28.7 Å². The van der Waals surface area contributed by atoms with Gasteiger partial charge in [-0.25, -0.2) is 0 Å². The number of benzene rings is 1. The van der Waals surface area contributed by atoms with Crippen molar-refractivity contribution in [2.45, 2.75) is 32.7 Å². The lowest BCUT2D eigenvalue weighted by atomic mass is 9.97. The van der Waals surface area contributed by atoms with Gasteiger partial charge in [-0.2, -0.15) is 8.75 Å². The largest absolute Gasteiger partial charge is 0.484 e. The molecule has 1 N–H and O–H groups in total. The van der Waals surface area contributed by atoms with Crippen molar-refractivity contribution in [3.05, 3.63) is 18.2 Å². The van der Waals surface area contributed by atoms with Crippen LogP contribution in [0.5, 0.6) is 5.75 Å². The molecule has 1 atom stereocenters. The second kappa shape index (κ2) is 7.90. The van der Waals surface area contributed by atoms with Crippen LogP contribution >= 0.6 is 11.7 Å². The number of hydrogen-bond acceptors (Lipinski definition) is 6. The van der Waals surface area contributed by atoms with Crippen LogP contribution in [0.3, 0.4) is 0 Å². The highest BCUT2D eigenvalue weighted by atomic mass is 32.1. The maximum absolute atomic E-state index is 12.0. The SMILES string of the molecule is CC(C)N1CCCC(CNC(=O)COc2ccc3nsnc3c2)C1. The Labute approximate surface area is 146 Å². The van der Waals surface area contributed by atoms with Gasteiger partial charge in [-0.05, 0) is 51.3 Å². The molecule has 0 spiro atoms. The summed E-state index contributed by atoms with van der Waals surface area (Å²) < 4.78 is 13.9. The summed E-state index contributed by atoms with van der Waals surface area (Å²) in [4.78, 5) is 14.5. The van der Waals surface area contributed by atoms with Crippen LogP contribution in [0, 0.1) is 5.92 Å². The summed E-state index contributed by atoms with van der Waals surface area (Å²) in [7, 11) is 0. The Kier molecular flexibility index (Phi) is 5.63. The van der Waals surface area contributed by atoms with E-state index < -0.39 is 0 Å². The van der Waals surface area contributed by atoms with E-state index in [1.807, 2.05) is 18.2 Å². The number of likely N-dealkylation sites (tertiary alicyclic amines) is 1. The van der Waals surface area contributed by atoms with Crippen LogP contribution in [0.25, 0.3) is 11.0 Å². The van der Waals surface area contributed by atoms with Gasteiger partial charge in [0.1, 0.15) is 16.8 Å². The number of hydrogen-bond donors (Lipinski definition) is 1. The second-order valence-corrected chi connectivity index (χ2v) is 7.13. The molecule has 3 rings (SSSR count). The summed E-state index contributed by atoms with van der Waals surface area (Å²) >= 11 is 1.17. The van der Waals surface area contributed by atoms with Gasteiger partial charge >= 0.3 is 0 Å². The van der Waals surface area contributed by atoms with Gasteiger partial charge in [0.25, 0.3) is 5.91 Å². The molecule has 0 bridgehead atoms. The first-order valence-corrected chi connectivity index (χ1v) is 9.20. The molecule has 0 radical (unpaired) electrons. The van der Waals surface area contributed by atoms with Crippen LogP contribution in [0.1, 0.15) is 26.7 Å². The smallest absolute Gasteiger partial charge is 0.257 e. The van der Waals surface area contributed by atoms with Crippen LogP contribution in [0.2, 0.25) is 0 Å². The van der Waals surface area contributed by atoms with Gasteiger partial charge in [0.05, 0.1) is 11.7 Å². The zero-order valence-electron chi connectivity index (χ0n) is 14.2. The molecule has 0 aliphatic carbocycles. The lowest BCUT2D eigenvalue weighted by molar-refractivity contribution is -0.123. The number of ether oxygens (including phenoxy) is 1. The average Bonchev–Trinajstić information content (AvgIpc) is 3.06. The number of nitrogens with one attached hydrogen (secondary N) is 1. The number of fused-ring (bicyclic) bond motifs is 1. The van der Waals surface area contributed by atoms with E-state index in [-0.39, 0.29) is 12.5 Å². The Hall–Kier alpha value is -1.73. The topological polar surface area (TPSA) is 67.4 Å². The van der Waals surface area contributed by atoms with Gasteiger partial charge in [0, 0.05) is 25.2 Å². The van der Waals surface area contributed by atoms with Gasteiger partial charge < -0.3 is 15.0 Å². The molecule has 1 aromatic carbocycles. The van der Waals surface area contributed by atoms with Gasteiger partial charge in [-0.1, -0.05) is 0 Å². The van der Waals surface area contributed by atoms with Gasteiger partial charge in [-0.3, -0.25) is 4.79 Å². The third-order valence-corrected chi connectivity index (χ3v) is 5.02. The van der Waals surface area contributed by atoms with Crippen molar-refractivity contribution in [2.75, 3.05) is 26.2 Å². The fourth-order valence-corrected chi connectivity index (χ4v) is 3.56. The Balaban J connectivity index is 1.42. The molecule has 24 heavy (non-hydrogen) atoms. The van der Waals surface area contributed by atoms with Crippen molar-refractivity contribution in [3.8, 4) is 5.75 Å². The number of piperidine rings is 1. The Morgan fingerprint density at radius 3 is 3.08 bits per heavy atom. The van der Waals surface area contributed by atoms with Crippen LogP contribution in [0.4, 0.5) is 0 Å². The van der Waals surface area contributed by atoms with E-state index >= 15 is 0 Å². The molecule has 1 aromatic heterocycles. The highest BCUT2D eigenvalue weighted by Crippen LogP contribution is 2.19. The highest BCUT2D eigenvalue weighted by molar-refractivity contribution is 7.00. The molecule has 1 aliphatic heterocycles. The maximum atomic E-state index is 12.0. The van der Waals surface area contributed by atoms with Gasteiger partial charge in [-0.15, -0.1) is 0 Å². The molecule has 1 unspecified atom stereocenters. The van der Waals surface area contributed by atoms with E-state index in [0.29, 0.717) is 17.7 Å².